The average Bonchev–Trinajstić information content (AvgIpc) is 2.34. The minimum Gasteiger partial charge on any atom is -0.324 e. The van der Waals surface area contributed by atoms with Gasteiger partial charge in [-0.25, -0.2) is 0 Å². The largest absolute Gasteiger partial charge is 0.324 e. The number of nitrogens with one attached hydrogen (secondary N) is 2. The summed E-state index contributed by atoms with van der Waals surface area (Å²) in [6.07, 6.45) is 3.18. The number of anilines is 1. The Bertz CT molecular complexity index is 419. The smallest absolute Gasteiger partial charge is 0.241 e. The molecule has 0 aliphatic carbocycles. The Kier molecular flexibility index (Phi) is 4.64. The lowest BCUT2D eigenvalue weighted by Crippen LogP contribution is -2.43. The summed E-state index contributed by atoms with van der Waals surface area (Å²) >= 11 is 8.04. The number of carbonyl (C=O) groups excluding carboxylic acids is 1. The van der Waals surface area contributed by atoms with Gasteiger partial charge in [-0.2, -0.15) is 0 Å². The van der Waals surface area contributed by atoms with Gasteiger partial charge in [0.2, 0.25) is 5.91 Å². The number of halogens is 2. The Hall–Kier alpha value is -0.330. The zero-order valence-electron chi connectivity index (χ0n) is 9.30. The first-order valence-corrected chi connectivity index (χ1v) is 7.12. The van der Waals surface area contributed by atoms with Crippen LogP contribution >= 0.6 is 34.2 Å². The van der Waals surface area contributed by atoms with E-state index in [-0.39, 0.29) is 11.9 Å². The van der Waals surface area contributed by atoms with Gasteiger partial charge in [-0.15, -0.1) is 0 Å². The van der Waals surface area contributed by atoms with Crippen molar-refractivity contribution in [1.82, 2.24) is 5.32 Å². The molecule has 0 bridgehead atoms. The molecule has 3 nitrogen and oxygen atoms in total. The van der Waals surface area contributed by atoms with Gasteiger partial charge < -0.3 is 10.6 Å². The van der Waals surface area contributed by atoms with Crippen LogP contribution in [0.5, 0.6) is 0 Å². The van der Waals surface area contributed by atoms with Crippen LogP contribution in [-0.2, 0) is 4.79 Å². The maximum Gasteiger partial charge on any atom is 0.241 e. The van der Waals surface area contributed by atoms with Gasteiger partial charge in [0.25, 0.3) is 0 Å². The Morgan fingerprint density at radius 3 is 2.94 bits per heavy atom. The molecule has 0 aromatic heterocycles. The van der Waals surface area contributed by atoms with Crippen LogP contribution in [0.1, 0.15) is 19.3 Å². The molecule has 1 saturated heterocycles. The molecule has 0 spiro atoms. The predicted octanol–water partition coefficient (Wildman–Crippen LogP) is 3.03. The molecule has 92 valence electrons. The molecule has 1 aliphatic heterocycles. The van der Waals surface area contributed by atoms with Gasteiger partial charge >= 0.3 is 0 Å². The van der Waals surface area contributed by atoms with Crippen LogP contribution in [0.4, 0.5) is 5.69 Å². The summed E-state index contributed by atoms with van der Waals surface area (Å²) in [5.41, 5.74) is 0.826. The number of hydrogen-bond acceptors (Lipinski definition) is 2. The third kappa shape index (κ3) is 3.56. The molecule has 17 heavy (non-hydrogen) atoms. The number of piperidine rings is 1. The van der Waals surface area contributed by atoms with E-state index in [1.54, 1.807) is 6.07 Å². The minimum atomic E-state index is -0.0600. The first kappa shape index (κ1) is 13.1. The number of benzene rings is 1. The number of carbonyl (C=O) groups is 1. The summed E-state index contributed by atoms with van der Waals surface area (Å²) in [7, 11) is 0. The van der Waals surface area contributed by atoms with Gasteiger partial charge in [0, 0.05) is 8.59 Å². The summed E-state index contributed by atoms with van der Waals surface area (Å²) in [4.78, 5) is 12.0. The van der Waals surface area contributed by atoms with E-state index in [2.05, 4.69) is 33.2 Å². The summed E-state index contributed by atoms with van der Waals surface area (Å²) in [5.74, 6) is 0.0462. The minimum absolute atomic E-state index is 0.0462. The van der Waals surface area contributed by atoms with Crippen LogP contribution in [0.3, 0.4) is 0 Å². The second kappa shape index (κ2) is 6.02. The fourth-order valence-electron chi connectivity index (χ4n) is 1.89. The van der Waals surface area contributed by atoms with E-state index in [1.165, 1.54) is 0 Å². The van der Waals surface area contributed by atoms with Gasteiger partial charge in [0.15, 0.2) is 0 Å². The Morgan fingerprint density at radius 2 is 2.29 bits per heavy atom. The molecule has 2 N–H and O–H groups in total. The van der Waals surface area contributed by atoms with Crippen molar-refractivity contribution >= 4 is 45.8 Å². The van der Waals surface area contributed by atoms with Crippen molar-refractivity contribution in [3.63, 3.8) is 0 Å². The standard InChI is InChI=1S/C12H14ClIN2O/c13-8-4-5-10(9(14)7-8)16-12(17)11-3-1-2-6-15-11/h4-5,7,11,15H,1-3,6H2,(H,16,17)/t11-/m0/s1. The van der Waals surface area contributed by atoms with Gasteiger partial charge in [0.1, 0.15) is 0 Å². The summed E-state index contributed by atoms with van der Waals surface area (Å²) < 4.78 is 0.958. The van der Waals surface area contributed by atoms with E-state index in [1.807, 2.05) is 12.1 Å². The topological polar surface area (TPSA) is 41.1 Å². The highest BCUT2D eigenvalue weighted by molar-refractivity contribution is 14.1. The molecule has 1 aromatic rings. The molecule has 2 rings (SSSR count). The molecule has 1 aromatic carbocycles. The van der Waals surface area contributed by atoms with Crippen molar-refractivity contribution in [2.45, 2.75) is 25.3 Å². The van der Waals surface area contributed by atoms with Crippen molar-refractivity contribution in [2.75, 3.05) is 11.9 Å². The Balaban J connectivity index is 2.02. The zero-order chi connectivity index (χ0) is 12.3. The molecular weight excluding hydrogens is 351 g/mol. The predicted molar refractivity (Wildman–Crippen MR) is 78.4 cm³/mol. The SMILES string of the molecule is O=C(Nc1ccc(Cl)cc1I)[C@@H]1CCCCN1. The van der Waals surface area contributed by atoms with E-state index in [0.29, 0.717) is 5.02 Å². The lowest BCUT2D eigenvalue weighted by atomic mass is 10.0. The third-order valence-electron chi connectivity index (χ3n) is 2.82. The summed E-state index contributed by atoms with van der Waals surface area (Å²) in [6.45, 7) is 0.926. The highest BCUT2D eigenvalue weighted by atomic mass is 127. The lowest BCUT2D eigenvalue weighted by Gasteiger charge is -2.22. The first-order valence-electron chi connectivity index (χ1n) is 5.66. The quantitative estimate of drug-likeness (QED) is 0.792. The van der Waals surface area contributed by atoms with E-state index >= 15 is 0 Å². The van der Waals surface area contributed by atoms with Crippen LogP contribution < -0.4 is 10.6 Å². The van der Waals surface area contributed by atoms with Crippen molar-refractivity contribution in [1.29, 1.82) is 0 Å². The Labute approximate surface area is 119 Å². The van der Waals surface area contributed by atoms with E-state index in [9.17, 15) is 4.79 Å². The molecule has 1 fully saturated rings. The molecule has 0 saturated carbocycles. The van der Waals surface area contributed by atoms with Crippen LogP contribution in [0.25, 0.3) is 0 Å². The van der Waals surface area contributed by atoms with Crippen LogP contribution in [0.15, 0.2) is 18.2 Å². The Morgan fingerprint density at radius 1 is 1.47 bits per heavy atom. The van der Waals surface area contributed by atoms with Crippen molar-refractivity contribution in [3.8, 4) is 0 Å². The number of rotatable bonds is 2. The highest BCUT2D eigenvalue weighted by Gasteiger charge is 2.20. The average molecular weight is 365 g/mol. The molecule has 0 unspecified atom stereocenters. The van der Waals surface area contributed by atoms with Gasteiger partial charge in [-0.3, -0.25) is 4.79 Å². The number of hydrogen-bond donors (Lipinski definition) is 2. The molecule has 0 radical (unpaired) electrons. The molecular formula is C12H14ClIN2O. The fourth-order valence-corrected chi connectivity index (χ4v) is 2.89. The van der Waals surface area contributed by atoms with Crippen LogP contribution in [0, 0.1) is 3.57 Å². The second-order valence-corrected chi connectivity index (χ2v) is 5.71. The van der Waals surface area contributed by atoms with Crippen LogP contribution in [0.2, 0.25) is 5.02 Å². The van der Waals surface area contributed by atoms with E-state index in [4.69, 9.17) is 11.6 Å². The van der Waals surface area contributed by atoms with E-state index < -0.39 is 0 Å². The van der Waals surface area contributed by atoms with Gasteiger partial charge in [-0.1, -0.05) is 18.0 Å². The normalized spacial score (nSPS) is 20.0. The van der Waals surface area contributed by atoms with Gasteiger partial charge in [0.05, 0.1) is 11.7 Å². The van der Waals surface area contributed by atoms with Crippen LogP contribution in [-0.4, -0.2) is 18.5 Å². The van der Waals surface area contributed by atoms with E-state index in [0.717, 1.165) is 35.1 Å². The van der Waals surface area contributed by atoms with Crippen molar-refractivity contribution in [3.05, 3.63) is 26.8 Å². The molecule has 1 aliphatic rings. The third-order valence-corrected chi connectivity index (χ3v) is 3.94. The van der Waals surface area contributed by atoms with Crippen molar-refractivity contribution < 1.29 is 4.79 Å². The van der Waals surface area contributed by atoms with Crippen molar-refractivity contribution in [2.24, 2.45) is 0 Å². The maximum atomic E-state index is 12.0. The maximum absolute atomic E-state index is 12.0. The zero-order valence-corrected chi connectivity index (χ0v) is 12.2. The van der Waals surface area contributed by atoms with Gasteiger partial charge in [-0.05, 0) is 60.2 Å². The fraction of sp³-hybridized carbons (Fsp3) is 0.417. The summed E-state index contributed by atoms with van der Waals surface area (Å²) in [6, 6.07) is 5.40. The monoisotopic (exact) mass is 364 g/mol. The first-order chi connectivity index (χ1) is 8.16. The summed E-state index contributed by atoms with van der Waals surface area (Å²) in [5, 5.41) is 6.85. The lowest BCUT2D eigenvalue weighted by molar-refractivity contribution is -0.118. The number of amides is 1. The highest BCUT2D eigenvalue weighted by Crippen LogP contribution is 2.22. The molecule has 1 heterocycles. The molecule has 5 heteroatoms. The second-order valence-electron chi connectivity index (χ2n) is 4.12. The molecule has 1 atom stereocenters. The molecule has 1 amide bonds.